The van der Waals surface area contributed by atoms with E-state index < -0.39 is 5.91 Å². The van der Waals surface area contributed by atoms with Gasteiger partial charge in [0.25, 0.3) is 5.91 Å². The van der Waals surface area contributed by atoms with Crippen LogP contribution >= 0.6 is 0 Å². The van der Waals surface area contributed by atoms with Crippen molar-refractivity contribution in [2.75, 3.05) is 5.43 Å². The number of aromatic nitrogens is 2. The fourth-order valence-corrected chi connectivity index (χ4v) is 1.83. The number of nitrogens with one attached hydrogen (secondary N) is 2. The Morgan fingerprint density at radius 1 is 1.05 bits per heavy atom. The van der Waals surface area contributed by atoms with Gasteiger partial charge in [-0.3, -0.25) is 20.6 Å². The maximum atomic E-state index is 13.0. The molecule has 1 aromatic heterocycles. The predicted molar refractivity (Wildman–Crippen MR) is 77.0 cm³/mol. The topological polar surface area (TPSA) is 66.9 Å². The van der Waals surface area contributed by atoms with Crippen molar-refractivity contribution in [2.45, 2.75) is 0 Å². The number of para-hydroxylation sites is 2. The first-order chi connectivity index (χ1) is 10.2. The van der Waals surface area contributed by atoms with Crippen molar-refractivity contribution >= 4 is 22.6 Å². The van der Waals surface area contributed by atoms with E-state index in [2.05, 4.69) is 20.8 Å². The van der Waals surface area contributed by atoms with Crippen molar-refractivity contribution < 1.29 is 9.18 Å². The Hall–Kier alpha value is -3.02. The quantitative estimate of drug-likeness (QED) is 0.724. The van der Waals surface area contributed by atoms with Crippen LogP contribution in [0.25, 0.3) is 11.0 Å². The lowest BCUT2D eigenvalue weighted by atomic mass is 10.3. The van der Waals surface area contributed by atoms with Crippen molar-refractivity contribution in [3.05, 3.63) is 66.2 Å². The van der Waals surface area contributed by atoms with Crippen LogP contribution in [0.3, 0.4) is 0 Å². The number of fused-ring (bicyclic) bond motifs is 1. The van der Waals surface area contributed by atoms with E-state index in [1.807, 2.05) is 18.2 Å². The number of hydrazine groups is 1. The summed E-state index contributed by atoms with van der Waals surface area (Å²) in [6, 6.07) is 13.0. The Labute approximate surface area is 119 Å². The van der Waals surface area contributed by atoms with Gasteiger partial charge in [-0.2, -0.15) is 0 Å². The summed E-state index contributed by atoms with van der Waals surface area (Å²) < 4.78 is 13.0. The molecule has 104 valence electrons. The van der Waals surface area contributed by atoms with Gasteiger partial charge in [0.1, 0.15) is 11.5 Å². The van der Waals surface area contributed by atoms with Crippen LogP contribution in [0.15, 0.2) is 54.7 Å². The van der Waals surface area contributed by atoms with Gasteiger partial charge in [0, 0.05) is 0 Å². The molecule has 2 aromatic carbocycles. The third kappa shape index (κ3) is 2.94. The molecule has 1 amide bonds. The summed E-state index contributed by atoms with van der Waals surface area (Å²) in [6.45, 7) is 0. The summed E-state index contributed by atoms with van der Waals surface area (Å²) in [5.41, 5.74) is 7.04. The average Bonchev–Trinajstić information content (AvgIpc) is 2.52. The summed E-state index contributed by atoms with van der Waals surface area (Å²) >= 11 is 0. The number of nitrogens with zero attached hydrogens (tertiary/aromatic N) is 2. The smallest absolute Gasteiger partial charge is 0.289 e. The molecule has 0 unspecified atom stereocenters. The van der Waals surface area contributed by atoms with E-state index in [0.717, 1.165) is 0 Å². The second-order valence-electron chi connectivity index (χ2n) is 4.33. The van der Waals surface area contributed by atoms with Crippen LogP contribution in [-0.4, -0.2) is 15.9 Å². The molecule has 0 radical (unpaired) electrons. The third-order valence-electron chi connectivity index (χ3n) is 2.83. The Morgan fingerprint density at radius 2 is 1.86 bits per heavy atom. The molecule has 1 heterocycles. The maximum absolute atomic E-state index is 13.0. The highest BCUT2D eigenvalue weighted by atomic mass is 19.1. The second kappa shape index (κ2) is 5.54. The lowest BCUT2D eigenvalue weighted by molar-refractivity contribution is 0.0957. The molecular formula is C15H11FN4O. The van der Waals surface area contributed by atoms with Gasteiger partial charge in [-0.25, -0.2) is 9.37 Å². The molecule has 0 atom stereocenters. The maximum Gasteiger partial charge on any atom is 0.289 e. The third-order valence-corrected chi connectivity index (χ3v) is 2.83. The van der Waals surface area contributed by atoms with Crippen LogP contribution in [-0.2, 0) is 0 Å². The number of rotatable bonds is 3. The standard InChI is InChI=1S/C15H11FN4O/c16-10-4-3-5-11(8-10)19-20-15(21)14-9-17-12-6-1-2-7-13(12)18-14/h1-9,19H,(H,20,21). The minimum absolute atomic E-state index is 0.178. The summed E-state index contributed by atoms with van der Waals surface area (Å²) in [4.78, 5) is 20.4. The number of benzene rings is 2. The monoisotopic (exact) mass is 282 g/mol. The van der Waals surface area contributed by atoms with Gasteiger partial charge in [0.15, 0.2) is 0 Å². The van der Waals surface area contributed by atoms with E-state index in [0.29, 0.717) is 16.7 Å². The Kier molecular flexibility index (Phi) is 3.42. The molecule has 2 N–H and O–H groups in total. The molecule has 0 fully saturated rings. The van der Waals surface area contributed by atoms with Crippen molar-refractivity contribution in [3.8, 4) is 0 Å². The minimum atomic E-state index is -0.447. The summed E-state index contributed by atoms with van der Waals surface area (Å²) in [7, 11) is 0. The molecule has 0 aliphatic carbocycles. The largest absolute Gasteiger partial charge is 0.298 e. The number of carbonyl (C=O) groups excluding carboxylic acids is 1. The molecule has 6 heteroatoms. The molecule has 0 aliphatic rings. The van der Waals surface area contributed by atoms with E-state index in [-0.39, 0.29) is 11.5 Å². The molecular weight excluding hydrogens is 271 g/mol. The van der Waals surface area contributed by atoms with Gasteiger partial charge in [0.05, 0.1) is 22.9 Å². The molecule has 0 bridgehead atoms. The molecule has 0 spiro atoms. The molecule has 0 saturated carbocycles. The molecule has 3 aromatic rings. The van der Waals surface area contributed by atoms with Crippen molar-refractivity contribution in [3.63, 3.8) is 0 Å². The molecule has 5 nitrogen and oxygen atoms in total. The SMILES string of the molecule is O=C(NNc1cccc(F)c1)c1cnc2ccccc2n1. The first-order valence-electron chi connectivity index (χ1n) is 6.26. The van der Waals surface area contributed by atoms with Crippen LogP contribution in [0.5, 0.6) is 0 Å². The van der Waals surface area contributed by atoms with Crippen LogP contribution in [0.4, 0.5) is 10.1 Å². The Balaban J connectivity index is 1.74. The van der Waals surface area contributed by atoms with Crippen molar-refractivity contribution in [2.24, 2.45) is 0 Å². The number of anilines is 1. The van der Waals surface area contributed by atoms with Gasteiger partial charge in [-0.1, -0.05) is 18.2 Å². The van der Waals surface area contributed by atoms with Gasteiger partial charge in [-0.15, -0.1) is 0 Å². The van der Waals surface area contributed by atoms with Gasteiger partial charge in [0.2, 0.25) is 0 Å². The lowest BCUT2D eigenvalue weighted by Gasteiger charge is -2.08. The minimum Gasteiger partial charge on any atom is -0.298 e. The highest BCUT2D eigenvalue weighted by Gasteiger charge is 2.08. The highest BCUT2D eigenvalue weighted by molar-refractivity contribution is 5.94. The van der Waals surface area contributed by atoms with Gasteiger partial charge >= 0.3 is 0 Å². The first kappa shape index (κ1) is 13.0. The van der Waals surface area contributed by atoms with E-state index in [1.165, 1.54) is 18.3 Å². The van der Waals surface area contributed by atoms with Gasteiger partial charge in [-0.05, 0) is 30.3 Å². The van der Waals surface area contributed by atoms with Crippen LogP contribution in [0.2, 0.25) is 0 Å². The fraction of sp³-hybridized carbons (Fsp3) is 0. The lowest BCUT2D eigenvalue weighted by Crippen LogP contribution is -2.30. The zero-order chi connectivity index (χ0) is 14.7. The predicted octanol–water partition coefficient (Wildman–Crippen LogP) is 2.53. The highest BCUT2D eigenvalue weighted by Crippen LogP contribution is 2.09. The van der Waals surface area contributed by atoms with Gasteiger partial charge < -0.3 is 0 Å². The van der Waals surface area contributed by atoms with E-state index in [1.54, 1.807) is 18.2 Å². The van der Waals surface area contributed by atoms with Crippen molar-refractivity contribution in [1.82, 2.24) is 15.4 Å². The van der Waals surface area contributed by atoms with E-state index in [9.17, 15) is 9.18 Å². The van der Waals surface area contributed by atoms with E-state index >= 15 is 0 Å². The van der Waals surface area contributed by atoms with Crippen LogP contribution in [0.1, 0.15) is 10.5 Å². The summed E-state index contributed by atoms with van der Waals surface area (Å²) in [6.07, 6.45) is 1.39. The van der Waals surface area contributed by atoms with Crippen LogP contribution in [0, 0.1) is 5.82 Å². The molecule has 0 aliphatic heterocycles. The number of carbonyl (C=O) groups is 1. The Morgan fingerprint density at radius 3 is 2.67 bits per heavy atom. The molecule has 3 rings (SSSR count). The number of halogens is 1. The first-order valence-corrected chi connectivity index (χ1v) is 6.26. The summed E-state index contributed by atoms with van der Waals surface area (Å²) in [5.74, 6) is -0.836. The van der Waals surface area contributed by atoms with E-state index in [4.69, 9.17) is 0 Å². The number of hydrogen-bond acceptors (Lipinski definition) is 4. The zero-order valence-corrected chi connectivity index (χ0v) is 10.9. The molecule has 21 heavy (non-hydrogen) atoms. The number of amides is 1. The Bertz CT molecular complexity index is 806. The second-order valence-corrected chi connectivity index (χ2v) is 4.33. The summed E-state index contributed by atoms with van der Waals surface area (Å²) in [5, 5.41) is 0. The fourth-order valence-electron chi connectivity index (χ4n) is 1.83. The molecule has 0 saturated heterocycles. The average molecular weight is 282 g/mol. The van der Waals surface area contributed by atoms with Crippen molar-refractivity contribution in [1.29, 1.82) is 0 Å². The normalized spacial score (nSPS) is 10.3. The zero-order valence-electron chi connectivity index (χ0n) is 10.9. The number of hydrogen-bond donors (Lipinski definition) is 2. The van der Waals surface area contributed by atoms with Crippen LogP contribution < -0.4 is 10.9 Å².